The number of aromatic carboxylic acids is 1. The van der Waals surface area contributed by atoms with Gasteiger partial charge in [0.1, 0.15) is 12.2 Å². The Labute approximate surface area is 92.8 Å². The van der Waals surface area contributed by atoms with Gasteiger partial charge in [0.25, 0.3) is 0 Å². The molecule has 16 heavy (non-hydrogen) atoms. The van der Waals surface area contributed by atoms with Gasteiger partial charge in [-0.15, -0.1) is 0 Å². The van der Waals surface area contributed by atoms with Gasteiger partial charge in [0.15, 0.2) is 15.6 Å². The third-order valence-electron chi connectivity index (χ3n) is 1.73. The molecule has 6 nitrogen and oxygen atoms in total. The summed E-state index contributed by atoms with van der Waals surface area (Å²) in [7, 11) is -3.12. The number of pyridine rings is 1. The van der Waals surface area contributed by atoms with Crippen molar-refractivity contribution in [2.45, 2.75) is 0 Å². The molecule has 0 spiro atoms. The van der Waals surface area contributed by atoms with E-state index in [0.717, 1.165) is 6.26 Å². The van der Waals surface area contributed by atoms with E-state index in [1.807, 2.05) is 0 Å². The Hall–Kier alpha value is -1.63. The Morgan fingerprint density at radius 2 is 2.25 bits per heavy atom. The van der Waals surface area contributed by atoms with Crippen LogP contribution in [0, 0.1) is 0 Å². The third-order valence-corrected chi connectivity index (χ3v) is 2.63. The van der Waals surface area contributed by atoms with Gasteiger partial charge in [-0.3, -0.25) is 4.98 Å². The first-order valence-corrected chi connectivity index (χ1v) is 6.44. The van der Waals surface area contributed by atoms with Crippen LogP contribution in [0.25, 0.3) is 0 Å². The molecule has 0 atom stereocenters. The molecule has 0 aliphatic rings. The molecule has 0 amide bonds. The summed E-state index contributed by atoms with van der Waals surface area (Å²) in [6.45, 7) is -0.0925. The Kier molecular flexibility index (Phi) is 3.83. The lowest BCUT2D eigenvalue weighted by Gasteiger charge is -2.07. The highest BCUT2D eigenvalue weighted by Crippen LogP contribution is 2.15. The van der Waals surface area contributed by atoms with Crippen molar-refractivity contribution in [3.05, 3.63) is 24.0 Å². The number of nitrogens with zero attached hydrogens (tertiary/aromatic N) is 1. The van der Waals surface area contributed by atoms with Gasteiger partial charge in [-0.2, -0.15) is 0 Å². The van der Waals surface area contributed by atoms with Crippen LogP contribution in [0.15, 0.2) is 18.5 Å². The zero-order valence-electron chi connectivity index (χ0n) is 8.58. The lowest BCUT2D eigenvalue weighted by molar-refractivity contribution is 0.0692. The summed E-state index contributed by atoms with van der Waals surface area (Å²) in [5, 5.41) is 8.80. The van der Waals surface area contributed by atoms with E-state index >= 15 is 0 Å². The minimum Gasteiger partial charge on any atom is -0.490 e. The van der Waals surface area contributed by atoms with Crippen LogP contribution in [0.5, 0.6) is 5.75 Å². The van der Waals surface area contributed by atoms with Gasteiger partial charge in [0, 0.05) is 12.5 Å². The molecule has 7 heteroatoms. The standard InChI is InChI=1S/C9H11NO5S/c1-16(13,14)5-4-15-8-6-10-3-2-7(8)9(11)12/h2-3,6H,4-5H2,1H3,(H,11,12). The molecule has 0 radical (unpaired) electrons. The number of rotatable bonds is 5. The molecule has 0 saturated heterocycles. The number of hydrogen-bond acceptors (Lipinski definition) is 5. The van der Waals surface area contributed by atoms with Crippen LogP contribution >= 0.6 is 0 Å². The van der Waals surface area contributed by atoms with Crippen molar-refractivity contribution in [2.75, 3.05) is 18.6 Å². The van der Waals surface area contributed by atoms with Gasteiger partial charge in [0.2, 0.25) is 0 Å². The van der Waals surface area contributed by atoms with E-state index in [1.54, 1.807) is 0 Å². The van der Waals surface area contributed by atoms with Crippen molar-refractivity contribution in [2.24, 2.45) is 0 Å². The monoisotopic (exact) mass is 245 g/mol. The summed E-state index contributed by atoms with van der Waals surface area (Å²) in [5.41, 5.74) is -0.0384. The van der Waals surface area contributed by atoms with Gasteiger partial charge < -0.3 is 9.84 Å². The van der Waals surface area contributed by atoms with Crippen LogP contribution in [-0.4, -0.2) is 43.1 Å². The Morgan fingerprint density at radius 3 is 2.81 bits per heavy atom. The summed E-state index contributed by atoms with van der Waals surface area (Å²) in [4.78, 5) is 14.5. The van der Waals surface area contributed by atoms with Crippen LogP contribution in [0.1, 0.15) is 10.4 Å². The third kappa shape index (κ3) is 3.85. The molecular weight excluding hydrogens is 234 g/mol. The van der Waals surface area contributed by atoms with Gasteiger partial charge in [-0.25, -0.2) is 13.2 Å². The predicted octanol–water partition coefficient (Wildman–Crippen LogP) is 0.203. The van der Waals surface area contributed by atoms with E-state index in [9.17, 15) is 13.2 Å². The van der Waals surface area contributed by atoms with Crippen molar-refractivity contribution >= 4 is 15.8 Å². The number of aromatic nitrogens is 1. The van der Waals surface area contributed by atoms with Crippen molar-refractivity contribution in [3.63, 3.8) is 0 Å². The van der Waals surface area contributed by atoms with Gasteiger partial charge >= 0.3 is 5.97 Å². The second-order valence-corrected chi connectivity index (χ2v) is 5.42. The molecule has 1 aromatic rings. The molecule has 0 aromatic carbocycles. The van der Waals surface area contributed by atoms with Crippen molar-refractivity contribution in [1.29, 1.82) is 0 Å². The maximum absolute atomic E-state index is 10.8. The quantitative estimate of drug-likeness (QED) is 0.796. The average Bonchev–Trinajstić information content (AvgIpc) is 2.16. The Morgan fingerprint density at radius 1 is 1.56 bits per heavy atom. The molecule has 0 bridgehead atoms. The molecular formula is C9H11NO5S. The SMILES string of the molecule is CS(=O)(=O)CCOc1cnccc1C(=O)O. The minimum absolute atomic E-state index is 0.0384. The van der Waals surface area contributed by atoms with E-state index in [-0.39, 0.29) is 23.7 Å². The molecule has 0 saturated carbocycles. The number of carboxylic acid groups (broad SMARTS) is 1. The fraction of sp³-hybridized carbons (Fsp3) is 0.333. The lowest BCUT2D eigenvalue weighted by Crippen LogP contribution is -2.13. The van der Waals surface area contributed by atoms with Crippen LogP contribution in [0.4, 0.5) is 0 Å². The highest BCUT2D eigenvalue weighted by atomic mass is 32.2. The van der Waals surface area contributed by atoms with E-state index < -0.39 is 15.8 Å². The minimum atomic E-state index is -3.12. The summed E-state index contributed by atoms with van der Waals surface area (Å²) < 4.78 is 26.7. The molecule has 0 unspecified atom stereocenters. The van der Waals surface area contributed by atoms with Gasteiger partial charge in [-0.1, -0.05) is 0 Å². The number of hydrogen-bond donors (Lipinski definition) is 1. The summed E-state index contributed by atoms with van der Waals surface area (Å²) in [5.74, 6) is -1.24. The zero-order valence-corrected chi connectivity index (χ0v) is 9.40. The Bertz CT molecular complexity index is 482. The largest absolute Gasteiger partial charge is 0.490 e. The van der Waals surface area contributed by atoms with Crippen LogP contribution in [-0.2, 0) is 9.84 Å². The number of carboxylic acids is 1. The Balaban J connectivity index is 2.71. The molecule has 1 N–H and O–H groups in total. The molecule has 88 valence electrons. The first-order chi connectivity index (χ1) is 7.40. The van der Waals surface area contributed by atoms with E-state index in [1.165, 1.54) is 18.5 Å². The van der Waals surface area contributed by atoms with Crippen LogP contribution in [0.2, 0.25) is 0 Å². The molecule has 0 fully saturated rings. The second kappa shape index (κ2) is 4.93. The van der Waals surface area contributed by atoms with Gasteiger partial charge in [-0.05, 0) is 6.07 Å². The summed E-state index contributed by atoms with van der Waals surface area (Å²) >= 11 is 0. The highest BCUT2D eigenvalue weighted by Gasteiger charge is 2.11. The maximum Gasteiger partial charge on any atom is 0.339 e. The zero-order chi connectivity index (χ0) is 12.2. The normalized spacial score (nSPS) is 11.1. The number of sulfone groups is 1. The molecule has 0 aliphatic carbocycles. The van der Waals surface area contributed by atoms with E-state index in [4.69, 9.17) is 9.84 Å². The molecule has 0 aliphatic heterocycles. The van der Waals surface area contributed by atoms with Crippen molar-refractivity contribution < 1.29 is 23.1 Å². The average molecular weight is 245 g/mol. The topological polar surface area (TPSA) is 93.6 Å². The maximum atomic E-state index is 10.8. The van der Waals surface area contributed by atoms with Crippen molar-refractivity contribution in [1.82, 2.24) is 4.98 Å². The predicted molar refractivity (Wildman–Crippen MR) is 56.4 cm³/mol. The number of ether oxygens (including phenoxy) is 1. The summed E-state index contributed by atoms with van der Waals surface area (Å²) in [6.07, 6.45) is 3.65. The van der Waals surface area contributed by atoms with Gasteiger partial charge in [0.05, 0.1) is 11.9 Å². The first-order valence-electron chi connectivity index (χ1n) is 4.38. The van der Waals surface area contributed by atoms with Crippen LogP contribution < -0.4 is 4.74 Å². The van der Waals surface area contributed by atoms with Crippen molar-refractivity contribution in [3.8, 4) is 5.75 Å². The summed E-state index contributed by atoms with van der Waals surface area (Å²) in [6, 6.07) is 1.29. The fourth-order valence-corrected chi connectivity index (χ4v) is 1.36. The van der Waals surface area contributed by atoms with Crippen LogP contribution in [0.3, 0.4) is 0 Å². The highest BCUT2D eigenvalue weighted by molar-refractivity contribution is 7.90. The molecule has 1 heterocycles. The van der Waals surface area contributed by atoms with E-state index in [0.29, 0.717) is 0 Å². The van der Waals surface area contributed by atoms with E-state index in [2.05, 4.69) is 4.98 Å². The molecule has 1 aromatic heterocycles. The fourth-order valence-electron chi connectivity index (χ4n) is 0.975. The molecule has 1 rings (SSSR count). The number of carbonyl (C=O) groups is 1. The smallest absolute Gasteiger partial charge is 0.339 e. The lowest BCUT2D eigenvalue weighted by atomic mass is 10.2. The second-order valence-electron chi connectivity index (χ2n) is 3.16. The first kappa shape index (κ1) is 12.4.